The van der Waals surface area contributed by atoms with Crippen molar-refractivity contribution in [3.8, 4) is 5.75 Å². The van der Waals surface area contributed by atoms with Crippen LogP contribution in [0.2, 0.25) is 5.02 Å². The first-order valence-electron chi connectivity index (χ1n) is 5.69. The number of ether oxygens (including phenoxy) is 2. The molecule has 0 aromatic heterocycles. The number of nitrogens with two attached hydrogens (primary N) is 2. The number of esters is 1. The van der Waals surface area contributed by atoms with Gasteiger partial charge in [-0.1, -0.05) is 11.6 Å². The van der Waals surface area contributed by atoms with Crippen molar-refractivity contribution in [1.29, 1.82) is 0 Å². The number of carbonyl (C=O) groups is 1. The van der Waals surface area contributed by atoms with Crippen LogP contribution in [0.5, 0.6) is 5.75 Å². The van der Waals surface area contributed by atoms with Gasteiger partial charge in [-0.05, 0) is 18.3 Å². The zero-order valence-corrected chi connectivity index (χ0v) is 12.8. The fourth-order valence-electron chi connectivity index (χ4n) is 1.67. The van der Waals surface area contributed by atoms with Crippen LogP contribution in [0.25, 0.3) is 0 Å². The molecule has 0 amide bonds. The Labute approximate surface area is 127 Å². The van der Waals surface area contributed by atoms with E-state index in [2.05, 4.69) is 4.74 Å². The molecule has 0 unspecified atom stereocenters. The Morgan fingerprint density at radius 3 is 2.55 bits per heavy atom. The molecule has 0 aliphatic heterocycles. The van der Waals surface area contributed by atoms with E-state index >= 15 is 0 Å². The molecule has 0 aliphatic carbocycles. The topological polar surface area (TPSA) is 90.8 Å². The highest BCUT2D eigenvalue weighted by Crippen LogP contribution is 2.33. The second-order valence-electron chi connectivity index (χ2n) is 3.77. The van der Waals surface area contributed by atoms with E-state index in [4.69, 9.17) is 40.0 Å². The fourth-order valence-corrected chi connectivity index (χ4v) is 2.12. The number of anilines is 1. The zero-order valence-electron chi connectivity index (χ0n) is 11.2. The molecular weight excluding hydrogens is 302 g/mol. The molecule has 0 fully saturated rings. The first-order chi connectivity index (χ1) is 9.46. The Hall–Kier alpha value is -1.57. The normalized spacial score (nSPS) is 10.0. The Bertz CT molecular complexity index is 525. The Morgan fingerprint density at radius 1 is 1.45 bits per heavy atom. The summed E-state index contributed by atoms with van der Waals surface area (Å²) in [5.41, 5.74) is 11.9. The summed E-state index contributed by atoms with van der Waals surface area (Å²) in [6.07, 6.45) is 0. The summed E-state index contributed by atoms with van der Waals surface area (Å²) < 4.78 is 9.84. The molecule has 110 valence electrons. The summed E-state index contributed by atoms with van der Waals surface area (Å²) in [6.45, 7) is 0.741. The van der Waals surface area contributed by atoms with Crippen molar-refractivity contribution in [2.24, 2.45) is 11.5 Å². The van der Waals surface area contributed by atoms with Gasteiger partial charge in [-0.15, -0.1) is 0 Å². The third-order valence-corrected chi connectivity index (χ3v) is 3.11. The van der Waals surface area contributed by atoms with Gasteiger partial charge in [0.15, 0.2) is 5.11 Å². The minimum Gasteiger partial charge on any atom is -0.496 e. The first kappa shape index (κ1) is 16.5. The van der Waals surface area contributed by atoms with Crippen molar-refractivity contribution >= 4 is 40.6 Å². The highest BCUT2D eigenvalue weighted by Gasteiger charge is 2.20. The van der Waals surface area contributed by atoms with Crippen LogP contribution in [0.15, 0.2) is 12.1 Å². The van der Waals surface area contributed by atoms with E-state index in [1.165, 1.54) is 20.3 Å². The lowest BCUT2D eigenvalue weighted by molar-refractivity contribution is 0.0597. The maximum absolute atomic E-state index is 11.6. The van der Waals surface area contributed by atoms with Gasteiger partial charge in [-0.25, -0.2) is 4.79 Å². The van der Waals surface area contributed by atoms with Crippen molar-refractivity contribution in [2.45, 2.75) is 0 Å². The monoisotopic (exact) mass is 317 g/mol. The van der Waals surface area contributed by atoms with Crippen molar-refractivity contribution < 1.29 is 14.3 Å². The van der Waals surface area contributed by atoms with Crippen LogP contribution in [0, 0.1) is 0 Å². The van der Waals surface area contributed by atoms with E-state index in [1.807, 2.05) is 0 Å². The van der Waals surface area contributed by atoms with Crippen LogP contribution >= 0.6 is 23.8 Å². The second-order valence-corrected chi connectivity index (χ2v) is 4.60. The van der Waals surface area contributed by atoms with Gasteiger partial charge in [-0.3, -0.25) is 0 Å². The third-order valence-electron chi connectivity index (χ3n) is 2.58. The predicted octanol–water partition coefficient (Wildman–Crippen LogP) is 1.14. The minimum atomic E-state index is -0.545. The molecule has 0 heterocycles. The predicted molar refractivity (Wildman–Crippen MR) is 82.5 cm³/mol. The van der Waals surface area contributed by atoms with E-state index < -0.39 is 5.97 Å². The van der Waals surface area contributed by atoms with Crippen molar-refractivity contribution in [3.63, 3.8) is 0 Å². The molecule has 1 aromatic rings. The fraction of sp³-hybridized carbons (Fsp3) is 0.333. The SMILES string of the molecule is COC(=O)c1cc(Cl)c(N(CCN)C(N)=S)cc1OC. The molecule has 1 rings (SSSR count). The van der Waals surface area contributed by atoms with E-state index in [0.29, 0.717) is 29.5 Å². The molecule has 0 radical (unpaired) electrons. The molecule has 0 aliphatic rings. The summed E-state index contributed by atoms with van der Waals surface area (Å²) in [6, 6.07) is 3.02. The van der Waals surface area contributed by atoms with E-state index in [1.54, 1.807) is 11.0 Å². The number of hydrogen-bond acceptors (Lipinski definition) is 5. The molecule has 0 bridgehead atoms. The molecule has 0 saturated heterocycles. The Kier molecular flexibility index (Phi) is 6.00. The van der Waals surface area contributed by atoms with Gasteiger partial charge in [0.25, 0.3) is 0 Å². The van der Waals surface area contributed by atoms with Gasteiger partial charge in [0.2, 0.25) is 0 Å². The van der Waals surface area contributed by atoms with Gasteiger partial charge >= 0.3 is 5.97 Å². The summed E-state index contributed by atoms with van der Waals surface area (Å²) in [5.74, 6) is -0.231. The molecule has 0 atom stereocenters. The van der Waals surface area contributed by atoms with Crippen molar-refractivity contribution in [1.82, 2.24) is 0 Å². The number of halogens is 1. The van der Waals surface area contributed by atoms with Crippen LogP contribution < -0.4 is 21.1 Å². The van der Waals surface area contributed by atoms with Crippen LogP contribution in [-0.4, -0.2) is 38.4 Å². The number of benzene rings is 1. The molecule has 0 spiro atoms. The highest BCUT2D eigenvalue weighted by molar-refractivity contribution is 7.80. The van der Waals surface area contributed by atoms with Gasteiger partial charge in [-0.2, -0.15) is 0 Å². The smallest absolute Gasteiger partial charge is 0.341 e. The van der Waals surface area contributed by atoms with E-state index in [9.17, 15) is 4.79 Å². The summed E-state index contributed by atoms with van der Waals surface area (Å²) in [5, 5.41) is 0.428. The average Bonchev–Trinajstić information content (AvgIpc) is 2.43. The Morgan fingerprint density at radius 2 is 2.10 bits per heavy atom. The van der Waals surface area contributed by atoms with Crippen molar-refractivity contribution in [3.05, 3.63) is 22.7 Å². The minimum absolute atomic E-state index is 0.130. The molecule has 0 saturated carbocycles. The largest absolute Gasteiger partial charge is 0.496 e. The standard InChI is InChI=1S/C12H16ClN3O3S/c1-18-10-6-9(16(4-3-14)12(15)20)8(13)5-7(10)11(17)19-2/h5-6H,3-4,14H2,1-2H3,(H2,15,20). The van der Waals surface area contributed by atoms with E-state index in [0.717, 1.165) is 0 Å². The number of nitrogens with zero attached hydrogens (tertiary/aromatic N) is 1. The number of hydrogen-bond donors (Lipinski definition) is 2. The number of thiocarbonyl (C=S) groups is 1. The molecule has 4 N–H and O–H groups in total. The van der Waals surface area contributed by atoms with Crippen molar-refractivity contribution in [2.75, 3.05) is 32.2 Å². The maximum atomic E-state index is 11.6. The second kappa shape index (κ2) is 7.28. The first-order valence-corrected chi connectivity index (χ1v) is 6.47. The molecular formula is C12H16ClN3O3S. The molecule has 1 aromatic carbocycles. The van der Waals surface area contributed by atoms with E-state index in [-0.39, 0.29) is 10.7 Å². The lowest BCUT2D eigenvalue weighted by Crippen LogP contribution is -2.39. The Balaban J connectivity index is 3.35. The molecule has 6 nitrogen and oxygen atoms in total. The summed E-state index contributed by atoms with van der Waals surface area (Å²) >= 11 is 11.1. The van der Waals surface area contributed by atoms with Gasteiger partial charge in [0, 0.05) is 19.2 Å². The number of rotatable bonds is 5. The zero-order chi connectivity index (χ0) is 15.3. The third kappa shape index (κ3) is 3.50. The van der Waals surface area contributed by atoms with Gasteiger partial charge in [0.05, 0.1) is 24.9 Å². The van der Waals surface area contributed by atoms with Gasteiger partial charge < -0.3 is 25.8 Å². The highest BCUT2D eigenvalue weighted by atomic mass is 35.5. The molecule has 20 heavy (non-hydrogen) atoms. The van der Waals surface area contributed by atoms with Crippen LogP contribution in [0.3, 0.4) is 0 Å². The lowest BCUT2D eigenvalue weighted by atomic mass is 10.1. The number of methoxy groups -OCH3 is 2. The summed E-state index contributed by atoms with van der Waals surface area (Å²) in [4.78, 5) is 13.2. The van der Waals surface area contributed by atoms with Crippen LogP contribution in [0.4, 0.5) is 5.69 Å². The van der Waals surface area contributed by atoms with Crippen LogP contribution in [-0.2, 0) is 4.74 Å². The average molecular weight is 318 g/mol. The lowest BCUT2D eigenvalue weighted by Gasteiger charge is -2.24. The number of carbonyl (C=O) groups excluding carboxylic acids is 1. The maximum Gasteiger partial charge on any atom is 0.341 e. The van der Waals surface area contributed by atoms with Crippen LogP contribution in [0.1, 0.15) is 10.4 Å². The summed E-state index contributed by atoms with van der Waals surface area (Å²) in [7, 11) is 2.72. The molecule has 8 heteroatoms. The quantitative estimate of drug-likeness (QED) is 0.621. The van der Waals surface area contributed by atoms with Gasteiger partial charge in [0.1, 0.15) is 11.3 Å².